The van der Waals surface area contributed by atoms with Gasteiger partial charge >= 0.3 is 0 Å². The third kappa shape index (κ3) is 4.83. The Morgan fingerprint density at radius 1 is 1.17 bits per heavy atom. The van der Waals surface area contributed by atoms with Gasteiger partial charge in [0.05, 0.1) is 18.7 Å². The molecule has 2 aliphatic rings. The van der Waals surface area contributed by atoms with Crippen LogP contribution in [-0.2, 0) is 11.3 Å². The number of aryl methyl sites for hydroxylation is 2. The number of unbranched alkanes of at least 4 members (excludes halogenated alkanes) is 1. The van der Waals surface area contributed by atoms with Crippen molar-refractivity contribution in [1.29, 1.82) is 0 Å². The Bertz CT molecular complexity index is 808. The van der Waals surface area contributed by atoms with Crippen LogP contribution in [0, 0.1) is 13.8 Å². The first kappa shape index (κ1) is 21.2. The topological polar surface area (TPSA) is 59.3 Å². The average molecular weight is 413 g/mol. The van der Waals surface area contributed by atoms with Crippen molar-refractivity contribution in [3.63, 3.8) is 0 Å². The van der Waals surface area contributed by atoms with Gasteiger partial charge in [-0.05, 0) is 60.7 Å². The Balaban J connectivity index is 1.46. The van der Waals surface area contributed by atoms with Crippen LogP contribution in [0.5, 0.6) is 0 Å². The molecule has 1 aromatic heterocycles. The summed E-state index contributed by atoms with van der Waals surface area (Å²) in [6, 6.07) is 7.04. The maximum atomic E-state index is 5.83. The predicted molar refractivity (Wildman–Crippen MR) is 119 cm³/mol. The molecule has 0 spiro atoms. The summed E-state index contributed by atoms with van der Waals surface area (Å²) in [7, 11) is 0. The molecule has 30 heavy (non-hydrogen) atoms. The molecule has 0 bridgehead atoms. The molecule has 1 aromatic carbocycles. The van der Waals surface area contributed by atoms with Crippen LogP contribution in [0.15, 0.2) is 18.2 Å². The first-order valence-corrected chi connectivity index (χ1v) is 11.6. The van der Waals surface area contributed by atoms with Crippen molar-refractivity contribution in [2.75, 3.05) is 37.7 Å². The van der Waals surface area contributed by atoms with Crippen LogP contribution < -0.4 is 4.90 Å². The van der Waals surface area contributed by atoms with Crippen molar-refractivity contribution in [2.24, 2.45) is 0 Å². The minimum Gasteiger partial charge on any atom is -0.376 e. The summed E-state index contributed by atoms with van der Waals surface area (Å²) < 4.78 is 7.84. The molecule has 0 amide bonds. The standard InChI is InChI=1S/C23H36N6O/c1-4-5-8-21(23-24-25-26-29(23)17-20-7-6-15-30-20)27-11-13-28(14-12-27)22-16-18(2)9-10-19(22)3/h9-10,16,20-21H,4-8,11-15,17H2,1-3H3/t20-,21+/m0/s1. The lowest BCUT2D eigenvalue weighted by molar-refractivity contribution is 0.0890. The number of tetrazole rings is 1. The van der Waals surface area contributed by atoms with E-state index in [1.54, 1.807) is 0 Å². The molecule has 2 fully saturated rings. The molecule has 4 rings (SSSR count). The van der Waals surface area contributed by atoms with E-state index in [4.69, 9.17) is 4.74 Å². The van der Waals surface area contributed by atoms with E-state index < -0.39 is 0 Å². The maximum absolute atomic E-state index is 5.83. The van der Waals surface area contributed by atoms with Gasteiger partial charge in [-0.3, -0.25) is 4.90 Å². The minimum atomic E-state index is 0.250. The number of piperazine rings is 1. The van der Waals surface area contributed by atoms with Crippen LogP contribution in [0.4, 0.5) is 5.69 Å². The molecule has 164 valence electrons. The number of anilines is 1. The van der Waals surface area contributed by atoms with Gasteiger partial charge in [0.2, 0.25) is 0 Å². The lowest BCUT2D eigenvalue weighted by atomic mass is 10.0. The predicted octanol–water partition coefficient (Wildman–Crippen LogP) is 3.52. The van der Waals surface area contributed by atoms with Gasteiger partial charge in [0.1, 0.15) is 0 Å². The molecule has 0 unspecified atom stereocenters. The molecular weight excluding hydrogens is 376 g/mol. The molecule has 0 saturated carbocycles. The first-order valence-electron chi connectivity index (χ1n) is 11.6. The SMILES string of the molecule is CCCC[C@H](c1nnnn1C[C@@H]1CCCO1)N1CCN(c2cc(C)ccc2C)CC1. The highest BCUT2D eigenvalue weighted by Gasteiger charge is 2.30. The van der Waals surface area contributed by atoms with Crippen LogP contribution in [0.3, 0.4) is 0 Å². The van der Waals surface area contributed by atoms with Crippen molar-refractivity contribution in [3.8, 4) is 0 Å². The van der Waals surface area contributed by atoms with Crippen LogP contribution in [0.1, 0.15) is 62.0 Å². The van der Waals surface area contributed by atoms with Gasteiger partial charge < -0.3 is 9.64 Å². The van der Waals surface area contributed by atoms with E-state index in [1.807, 2.05) is 4.68 Å². The van der Waals surface area contributed by atoms with Gasteiger partial charge in [-0.1, -0.05) is 31.9 Å². The lowest BCUT2D eigenvalue weighted by Gasteiger charge is -2.40. The number of rotatable bonds is 8. The molecule has 7 heteroatoms. The Morgan fingerprint density at radius 2 is 2.00 bits per heavy atom. The zero-order valence-electron chi connectivity index (χ0n) is 18.8. The summed E-state index contributed by atoms with van der Waals surface area (Å²) in [5.41, 5.74) is 4.06. The summed E-state index contributed by atoms with van der Waals surface area (Å²) >= 11 is 0. The second-order valence-corrected chi connectivity index (χ2v) is 8.83. The van der Waals surface area contributed by atoms with Crippen LogP contribution >= 0.6 is 0 Å². The second kappa shape index (κ2) is 9.88. The highest BCUT2D eigenvalue weighted by atomic mass is 16.5. The fraction of sp³-hybridized carbons (Fsp3) is 0.696. The normalized spacial score (nSPS) is 21.3. The van der Waals surface area contributed by atoms with E-state index in [9.17, 15) is 0 Å². The Kier molecular flexibility index (Phi) is 7.00. The van der Waals surface area contributed by atoms with Crippen molar-refractivity contribution >= 4 is 5.69 Å². The highest BCUT2D eigenvalue weighted by Crippen LogP contribution is 2.29. The summed E-state index contributed by atoms with van der Waals surface area (Å²) in [5.74, 6) is 1.01. The number of hydrogen-bond donors (Lipinski definition) is 0. The summed E-state index contributed by atoms with van der Waals surface area (Å²) in [5, 5.41) is 12.8. The number of ether oxygens (including phenoxy) is 1. The summed E-state index contributed by atoms with van der Waals surface area (Å²) in [6.07, 6.45) is 5.97. The van der Waals surface area contributed by atoms with E-state index in [0.29, 0.717) is 0 Å². The Hall–Kier alpha value is -1.99. The van der Waals surface area contributed by atoms with Gasteiger partial charge in [-0.2, -0.15) is 0 Å². The van der Waals surface area contributed by atoms with Gasteiger partial charge in [-0.25, -0.2) is 4.68 Å². The quantitative estimate of drug-likeness (QED) is 0.661. The molecule has 2 atom stereocenters. The molecule has 2 aromatic rings. The first-order chi connectivity index (χ1) is 14.7. The Morgan fingerprint density at radius 3 is 2.73 bits per heavy atom. The third-order valence-electron chi connectivity index (χ3n) is 6.55. The highest BCUT2D eigenvalue weighted by molar-refractivity contribution is 5.55. The minimum absolute atomic E-state index is 0.250. The van der Waals surface area contributed by atoms with Gasteiger partial charge in [-0.15, -0.1) is 5.10 Å². The van der Waals surface area contributed by atoms with E-state index >= 15 is 0 Å². The zero-order valence-corrected chi connectivity index (χ0v) is 18.8. The summed E-state index contributed by atoms with van der Waals surface area (Å²) in [6.45, 7) is 12.4. The van der Waals surface area contributed by atoms with Crippen molar-refractivity contribution in [3.05, 3.63) is 35.2 Å². The van der Waals surface area contributed by atoms with E-state index in [-0.39, 0.29) is 12.1 Å². The fourth-order valence-corrected chi connectivity index (χ4v) is 4.77. The molecule has 3 heterocycles. The van der Waals surface area contributed by atoms with Crippen LogP contribution in [-0.4, -0.2) is 64.0 Å². The van der Waals surface area contributed by atoms with E-state index in [2.05, 4.69) is 64.3 Å². The number of benzene rings is 1. The van der Waals surface area contributed by atoms with Crippen molar-refractivity contribution in [2.45, 2.75) is 71.6 Å². The molecule has 0 aliphatic carbocycles. The number of hydrogen-bond acceptors (Lipinski definition) is 6. The molecule has 7 nitrogen and oxygen atoms in total. The smallest absolute Gasteiger partial charge is 0.168 e. The van der Waals surface area contributed by atoms with Gasteiger partial charge in [0.25, 0.3) is 0 Å². The molecule has 0 radical (unpaired) electrons. The molecule has 2 aliphatic heterocycles. The Labute approximate surface area is 180 Å². The number of nitrogens with zero attached hydrogens (tertiary/aromatic N) is 6. The van der Waals surface area contributed by atoms with Gasteiger partial charge in [0.15, 0.2) is 5.82 Å². The summed E-state index contributed by atoms with van der Waals surface area (Å²) in [4.78, 5) is 5.13. The number of aromatic nitrogens is 4. The van der Waals surface area contributed by atoms with E-state index in [1.165, 1.54) is 29.7 Å². The monoisotopic (exact) mass is 412 g/mol. The van der Waals surface area contributed by atoms with Gasteiger partial charge in [0, 0.05) is 38.5 Å². The fourth-order valence-electron chi connectivity index (χ4n) is 4.77. The largest absolute Gasteiger partial charge is 0.376 e. The molecule has 0 N–H and O–H groups in total. The van der Waals surface area contributed by atoms with Crippen molar-refractivity contribution < 1.29 is 4.74 Å². The molecule has 2 saturated heterocycles. The lowest BCUT2D eigenvalue weighted by Crippen LogP contribution is -2.48. The zero-order chi connectivity index (χ0) is 20.9. The van der Waals surface area contributed by atoms with Crippen molar-refractivity contribution in [1.82, 2.24) is 25.1 Å². The third-order valence-corrected chi connectivity index (χ3v) is 6.55. The van der Waals surface area contributed by atoms with Crippen LogP contribution in [0.2, 0.25) is 0 Å². The van der Waals surface area contributed by atoms with E-state index in [0.717, 1.165) is 64.4 Å². The molecular formula is C23H36N6O. The maximum Gasteiger partial charge on any atom is 0.168 e. The second-order valence-electron chi connectivity index (χ2n) is 8.83. The van der Waals surface area contributed by atoms with Crippen LogP contribution in [0.25, 0.3) is 0 Å². The average Bonchev–Trinajstić information content (AvgIpc) is 3.44.